The van der Waals surface area contributed by atoms with E-state index in [-0.39, 0.29) is 11.2 Å². The first-order valence-electron chi connectivity index (χ1n) is 6.38. The van der Waals surface area contributed by atoms with Crippen LogP contribution in [0.2, 0.25) is 0 Å². The van der Waals surface area contributed by atoms with E-state index in [1.807, 2.05) is 31.2 Å². The van der Waals surface area contributed by atoms with Gasteiger partial charge in [0.2, 0.25) is 5.91 Å². The first-order valence-corrected chi connectivity index (χ1v) is 8.05. The van der Waals surface area contributed by atoms with Gasteiger partial charge in [-0.2, -0.15) is 0 Å². The lowest BCUT2D eigenvalue weighted by Crippen LogP contribution is -2.39. The molecular weight excluding hydrogens is 342 g/mol. The lowest BCUT2D eigenvalue weighted by Gasteiger charge is -2.15. The Morgan fingerprint density at radius 1 is 1.40 bits per heavy atom. The minimum atomic E-state index is -1.15. The molecule has 0 aliphatic heterocycles. The first kappa shape index (κ1) is 15.4. The largest absolute Gasteiger partial charge is 0.480 e. The maximum atomic E-state index is 11.9. The molecule has 2 rings (SSSR count). The highest BCUT2D eigenvalue weighted by Crippen LogP contribution is 2.46. The zero-order valence-corrected chi connectivity index (χ0v) is 13.5. The lowest BCUT2D eigenvalue weighted by atomic mass is 10.1. The normalized spacial score (nSPS) is 17.3. The maximum absolute atomic E-state index is 11.9. The molecule has 0 spiro atoms. The summed E-state index contributed by atoms with van der Waals surface area (Å²) in [6, 6.07) is 7.95. The second-order valence-electron chi connectivity index (χ2n) is 4.98. The van der Waals surface area contributed by atoms with Crippen LogP contribution in [0.4, 0.5) is 0 Å². The summed E-state index contributed by atoms with van der Waals surface area (Å²) in [4.78, 5) is 24.0. The minimum absolute atomic E-state index is 0.185. The van der Waals surface area contributed by atoms with Crippen molar-refractivity contribution < 1.29 is 14.7 Å². The predicted molar refractivity (Wildman–Crippen MR) is 81.8 cm³/mol. The Kier molecular flexibility index (Phi) is 4.75. The van der Waals surface area contributed by atoms with Gasteiger partial charge in [0.05, 0.1) is 0 Å². The van der Waals surface area contributed by atoms with Crippen molar-refractivity contribution in [1.82, 2.24) is 5.32 Å². The molecule has 6 heteroatoms. The van der Waals surface area contributed by atoms with E-state index < -0.39 is 11.4 Å². The Labute approximate surface area is 130 Å². The van der Waals surface area contributed by atoms with Crippen LogP contribution >= 0.6 is 27.7 Å². The highest BCUT2D eigenvalue weighted by molar-refractivity contribution is 9.10. The Balaban J connectivity index is 1.81. The van der Waals surface area contributed by atoms with Gasteiger partial charge in [0.1, 0.15) is 5.41 Å². The molecule has 0 saturated heterocycles. The number of thioether (sulfide) groups is 1. The van der Waals surface area contributed by atoms with Gasteiger partial charge in [-0.15, -0.1) is 11.8 Å². The summed E-state index contributed by atoms with van der Waals surface area (Å²) in [5.41, 5.74) is -1.15. The molecule has 1 saturated carbocycles. The van der Waals surface area contributed by atoms with Gasteiger partial charge in [-0.25, -0.2) is 0 Å². The molecule has 1 amide bonds. The number of hydrogen-bond acceptors (Lipinski definition) is 3. The molecule has 2 N–H and O–H groups in total. The average Bonchev–Trinajstić information content (AvgIpc) is 3.20. The Hall–Kier alpha value is -1.01. The molecule has 0 heterocycles. The van der Waals surface area contributed by atoms with Crippen LogP contribution in [-0.2, 0) is 9.59 Å². The second kappa shape index (κ2) is 6.18. The number of amides is 1. The van der Waals surface area contributed by atoms with Gasteiger partial charge in [0, 0.05) is 21.2 Å². The highest BCUT2D eigenvalue weighted by Gasteiger charge is 2.56. The molecule has 0 aromatic heterocycles. The van der Waals surface area contributed by atoms with E-state index in [9.17, 15) is 9.59 Å². The van der Waals surface area contributed by atoms with E-state index in [4.69, 9.17) is 5.11 Å². The molecule has 0 radical (unpaired) electrons. The number of carboxylic acid groups (broad SMARTS) is 1. The number of hydrogen-bond donors (Lipinski definition) is 2. The third-order valence-corrected chi connectivity index (χ3v) is 4.94. The van der Waals surface area contributed by atoms with Crippen molar-refractivity contribution in [2.24, 2.45) is 5.41 Å². The highest BCUT2D eigenvalue weighted by atomic mass is 79.9. The van der Waals surface area contributed by atoms with Crippen molar-refractivity contribution in [2.75, 3.05) is 6.54 Å². The summed E-state index contributed by atoms with van der Waals surface area (Å²) in [5.74, 6) is -1.36. The Morgan fingerprint density at radius 3 is 2.50 bits per heavy atom. The van der Waals surface area contributed by atoms with Gasteiger partial charge < -0.3 is 10.4 Å². The van der Waals surface area contributed by atoms with Crippen LogP contribution in [0.25, 0.3) is 0 Å². The molecule has 1 aromatic carbocycles. The number of carboxylic acids is 1. The Bertz CT molecular complexity index is 514. The predicted octanol–water partition coefficient (Wildman–Crippen LogP) is 2.91. The number of carbonyl (C=O) groups is 2. The molecule has 1 unspecified atom stereocenters. The van der Waals surface area contributed by atoms with Crippen LogP contribution in [0.5, 0.6) is 0 Å². The summed E-state index contributed by atoms with van der Waals surface area (Å²) in [6.45, 7) is 2.47. The van der Waals surface area contributed by atoms with Crippen LogP contribution in [0, 0.1) is 5.41 Å². The monoisotopic (exact) mass is 357 g/mol. The molecule has 4 nitrogen and oxygen atoms in total. The number of nitrogens with one attached hydrogen (secondary N) is 1. The van der Waals surface area contributed by atoms with Gasteiger partial charge in [-0.05, 0) is 37.1 Å². The summed E-state index contributed by atoms with van der Waals surface area (Å²) < 4.78 is 1.03. The zero-order chi connectivity index (χ0) is 14.8. The number of rotatable bonds is 6. The van der Waals surface area contributed by atoms with Crippen LogP contribution in [0.15, 0.2) is 33.6 Å². The van der Waals surface area contributed by atoms with Crippen molar-refractivity contribution in [3.63, 3.8) is 0 Å². The molecular formula is C14H16BrNO3S. The van der Waals surface area contributed by atoms with E-state index in [0.717, 1.165) is 9.37 Å². The van der Waals surface area contributed by atoms with E-state index in [1.54, 1.807) is 11.8 Å². The van der Waals surface area contributed by atoms with E-state index in [1.165, 1.54) is 0 Å². The molecule has 1 atom stereocenters. The van der Waals surface area contributed by atoms with E-state index in [0.29, 0.717) is 19.4 Å². The van der Waals surface area contributed by atoms with E-state index in [2.05, 4.69) is 21.2 Å². The average molecular weight is 358 g/mol. The number of halogens is 1. The topological polar surface area (TPSA) is 66.4 Å². The molecule has 0 bridgehead atoms. The molecule has 20 heavy (non-hydrogen) atoms. The van der Waals surface area contributed by atoms with E-state index >= 15 is 0 Å². The third-order valence-electron chi connectivity index (χ3n) is 3.30. The van der Waals surface area contributed by atoms with Gasteiger partial charge >= 0.3 is 5.97 Å². The van der Waals surface area contributed by atoms with Gasteiger partial charge in [-0.1, -0.05) is 22.9 Å². The van der Waals surface area contributed by atoms with Crippen LogP contribution < -0.4 is 5.32 Å². The SMILES string of the molecule is CC(CNC(=O)C1(C(=O)O)CC1)Sc1ccc(Br)cc1. The summed E-state index contributed by atoms with van der Waals surface area (Å²) >= 11 is 5.03. The number of carbonyl (C=O) groups excluding carboxylic acids is 1. The minimum Gasteiger partial charge on any atom is -0.480 e. The van der Waals surface area contributed by atoms with Gasteiger partial charge in [0.25, 0.3) is 0 Å². The van der Waals surface area contributed by atoms with Gasteiger partial charge in [-0.3, -0.25) is 9.59 Å². The van der Waals surface area contributed by atoms with Crippen molar-refractivity contribution in [2.45, 2.75) is 29.9 Å². The van der Waals surface area contributed by atoms with Crippen molar-refractivity contribution in [3.05, 3.63) is 28.7 Å². The fraction of sp³-hybridized carbons (Fsp3) is 0.429. The molecule has 1 fully saturated rings. The Morgan fingerprint density at radius 2 is 2.00 bits per heavy atom. The molecule has 1 aliphatic rings. The van der Waals surface area contributed by atoms with Crippen molar-refractivity contribution in [3.8, 4) is 0 Å². The zero-order valence-electron chi connectivity index (χ0n) is 11.1. The smallest absolute Gasteiger partial charge is 0.319 e. The van der Waals surface area contributed by atoms with Crippen LogP contribution in [0.1, 0.15) is 19.8 Å². The second-order valence-corrected chi connectivity index (χ2v) is 7.41. The van der Waals surface area contributed by atoms with Crippen LogP contribution in [-0.4, -0.2) is 28.8 Å². The van der Waals surface area contributed by atoms with Crippen molar-refractivity contribution >= 4 is 39.6 Å². The summed E-state index contributed by atoms with van der Waals surface area (Å²) in [5, 5.41) is 12.0. The van der Waals surface area contributed by atoms with Crippen LogP contribution in [0.3, 0.4) is 0 Å². The molecule has 108 valence electrons. The quantitative estimate of drug-likeness (QED) is 0.606. The first-order chi connectivity index (χ1) is 9.44. The maximum Gasteiger partial charge on any atom is 0.319 e. The fourth-order valence-corrected chi connectivity index (χ4v) is 3.04. The summed E-state index contributed by atoms with van der Waals surface area (Å²) in [6.07, 6.45) is 0.894. The number of aliphatic carboxylic acids is 1. The van der Waals surface area contributed by atoms with Gasteiger partial charge in [0.15, 0.2) is 0 Å². The van der Waals surface area contributed by atoms with Crippen molar-refractivity contribution in [1.29, 1.82) is 0 Å². The third kappa shape index (κ3) is 3.55. The summed E-state index contributed by atoms with van der Waals surface area (Å²) in [7, 11) is 0. The fourth-order valence-electron chi connectivity index (χ4n) is 1.86. The molecule has 1 aliphatic carbocycles. The number of benzene rings is 1. The lowest BCUT2D eigenvalue weighted by molar-refractivity contribution is -0.149. The standard InChI is InChI=1S/C14H16BrNO3S/c1-9(20-11-4-2-10(15)3-5-11)8-16-12(17)14(6-7-14)13(18)19/h2-5,9H,6-8H2,1H3,(H,16,17)(H,18,19). The molecule has 1 aromatic rings.